The minimum absolute atomic E-state index is 0.347. The van der Waals surface area contributed by atoms with Crippen molar-refractivity contribution in [1.82, 2.24) is 4.90 Å². The predicted molar refractivity (Wildman–Crippen MR) is 71.4 cm³/mol. The summed E-state index contributed by atoms with van der Waals surface area (Å²) in [5.74, 6) is -0.727. The van der Waals surface area contributed by atoms with Gasteiger partial charge >= 0.3 is 5.97 Å². The van der Waals surface area contributed by atoms with Gasteiger partial charge in [0, 0.05) is 10.9 Å². The van der Waals surface area contributed by atoms with Crippen LogP contribution in [-0.4, -0.2) is 29.6 Å². The Labute approximate surface area is 107 Å². The molecule has 0 aliphatic heterocycles. The van der Waals surface area contributed by atoms with Crippen molar-refractivity contribution in [2.75, 3.05) is 13.6 Å². The SMILES string of the molecule is CC(c1cccs1)N(C)CCC(C)(C)C(=O)O. The summed E-state index contributed by atoms with van der Waals surface area (Å²) in [6.45, 7) is 6.50. The van der Waals surface area contributed by atoms with Gasteiger partial charge in [0.25, 0.3) is 0 Å². The standard InChI is InChI=1S/C13H21NO2S/c1-10(11-6-5-9-17-11)14(4)8-7-13(2,3)12(15)16/h5-6,9-10H,7-8H2,1-4H3,(H,15,16). The van der Waals surface area contributed by atoms with Gasteiger partial charge in [-0.3, -0.25) is 9.69 Å². The Morgan fingerprint density at radius 2 is 2.24 bits per heavy atom. The van der Waals surface area contributed by atoms with Gasteiger partial charge in [0.15, 0.2) is 0 Å². The number of carbonyl (C=O) groups is 1. The molecule has 0 fully saturated rings. The highest BCUT2D eigenvalue weighted by atomic mass is 32.1. The van der Waals surface area contributed by atoms with Gasteiger partial charge in [0.05, 0.1) is 5.41 Å². The number of aliphatic carboxylic acids is 1. The van der Waals surface area contributed by atoms with Gasteiger partial charge in [-0.05, 0) is 52.2 Å². The first-order valence-corrected chi connectivity index (χ1v) is 6.69. The highest BCUT2D eigenvalue weighted by Gasteiger charge is 2.27. The number of hydrogen-bond acceptors (Lipinski definition) is 3. The second kappa shape index (κ2) is 5.65. The third-order valence-electron chi connectivity index (χ3n) is 3.28. The van der Waals surface area contributed by atoms with Gasteiger partial charge in [-0.2, -0.15) is 0 Å². The molecule has 0 saturated carbocycles. The van der Waals surface area contributed by atoms with Gasteiger partial charge in [0.2, 0.25) is 0 Å². The fourth-order valence-corrected chi connectivity index (χ4v) is 2.35. The van der Waals surface area contributed by atoms with E-state index in [0.29, 0.717) is 12.5 Å². The van der Waals surface area contributed by atoms with E-state index in [9.17, 15) is 4.79 Å². The Balaban J connectivity index is 2.50. The second-order valence-corrected chi connectivity index (χ2v) is 6.09. The second-order valence-electron chi connectivity index (χ2n) is 5.11. The van der Waals surface area contributed by atoms with Gasteiger partial charge in [-0.15, -0.1) is 11.3 Å². The zero-order valence-electron chi connectivity index (χ0n) is 10.9. The Bertz CT molecular complexity index is 360. The van der Waals surface area contributed by atoms with Gasteiger partial charge in [0.1, 0.15) is 0 Å². The molecule has 96 valence electrons. The molecule has 0 aliphatic rings. The van der Waals surface area contributed by atoms with Crippen LogP contribution in [0.2, 0.25) is 0 Å². The highest BCUT2D eigenvalue weighted by Crippen LogP contribution is 2.26. The van der Waals surface area contributed by atoms with Crippen LogP contribution in [0.4, 0.5) is 0 Å². The zero-order valence-corrected chi connectivity index (χ0v) is 11.8. The first-order valence-electron chi connectivity index (χ1n) is 5.81. The van der Waals surface area contributed by atoms with Crippen LogP contribution in [0.25, 0.3) is 0 Å². The number of carboxylic acids is 1. The number of thiophene rings is 1. The van der Waals surface area contributed by atoms with Crippen molar-refractivity contribution >= 4 is 17.3 Å². The van der Waals surface area contributed by atoms with E-state index < -0.39 is 11.4 Å². The molecule has 0 aromatic carbocycles. The van der Waals surface area contributed by atoms with Crippen LogP contribution in [0.15, 0.2) is 17.5 Å². The number of rotatable bonds is 6. The molecule has 1 aromatic rings. The maximum Gasteiger partial charge on any atom is 0.309 e. The Morgan fingerprint density at radius 1 is 1.59 bits per heavy atom. The summed E-state index contributed by atoms with van der Waals surface area (Å²) in [6, 6.07) is 4.51. The van der Waals surface area contributed by atoms with E-state index in [1.165, 1.54) is 4.88 Å². The summed E-state index contributed by atoms with van der Waals surface area (Å²) in [6.07, 6.45) is 0.661. The smallest absolute Gasteiger partial charge is 0.309 e. The zero-order chi connectivity index (χ0) is 13.1. The van der Waals surface area contributed by atoms with E-state index in [2.05, 4.69) is 23.3 Å². The molecule has 0 radical (unpaired) electrons. The minimum atomic E-state index is -0.727. The monoisotopic (exact) mass is 255 g/mol. The van der Waals surface area contributed by atoms with Crippen LogP contribution in [0.5, 0.6) is 0 Å². The summed E-state index contributed by atoms with van der Waals surface area (Å²) in [4.78, 5) is 14.5. The van der Waals surface area contributed by atoms with Crippen molar-refractivity contribution in [3.8, 4) is 0 Å². The molecule has 1 atom stereocenters. The first-order chi connectivity index (χ1) is 7.84. The molecule has 0 spiro atoms. The quantitative estimate of drug-likeness (QED) is 0.848. The fourth-order valence-electron chi connectivity index (χ4n) is 1.50. The first kappa shape index (κ1) is 14.2. The molecule has 0 amide bonds. The van der Waals surface area contributed by atoms with Crippen molar-refractivity contribution < 1.29 is 9.90 Å². The van der Waals surface area contributed by atoms with Crippen molar-refractivity contribution in [3.63, 3.8) is 0 Å². The molecule has 1 unspecified atom stereocenters. The van der Waals surface area contributed by atoms with E-state index in [4.69, 9.17) is 5.11 Å². The maximum atomic E-state index is 11.0. The summed E-state index contributed by atoms with van der Waals surface area (Å²) < 4.78 is 0. The molecule has 0 bridgehead atoms. The predicted octanol–water partition coefficient (Wildman–Crippen LogP) is 3.24. The fraction of sp³-hybridized carbons (Fsp3) is 0.615. The molecule has 1 rings (SSSR count). The maximum absolute atomic E-state index is 11.0. The lowest BCUT2D eigenvalue weighted by Crippen LogP contribution is -2.31. The van der Waals surface area contributed by atoms with Crippen molar-refractivity contribution in [2.45, 2.75) is 33.2 Å². The molecule has 1 aromatic heterocycles. The Hall–Kier alpha value is -0.870. The molecule has 1 N–H and O–H groups in total. The minimum Gasteiger partial charge on any atom is -0.481 e. The van der Waals surface area contributed by atoms with Crippen LogP contribution in [0.1, 0.15) is 38.1 Å². The van der Waals surface area contributed by atoms with Crippen LogP contribution in [0, 0.1) is 5.41 Å². The number of carboxylic acid groups (broad SMARTS) is 1. The van der Waals surface area contributed by atoms with Crippen LogP contribution in [-0.2, 0) is 4.79 Å². The van der Waals surface area contributed by atoms with Gasteiger partial charge in [-0.25, -0.2) is 0 Å². The third kappa shape index (κ3) is 3.82. The molecule has 1 heterocycles. The van der Waals surface area contributed by atoms with Gasteiger partial charge < -0.3 is 5.11 Å². The lowest BCUT2D eigenvalue weighted by Gasteiger charge is -2.27. The summed E-state index contributed by atoms with van der Waals surface area (Å²) in [5, 5.41) is 11.1. The van der Waals surface area contributed by atoms with E-state index in [1.807, 2.05) is 13.1 Å². The molecule has 0 aliphatic carbocycles. The summed E-state index contributed by atoms with van der Waals surface area (Å²) >= 11 is 1.74. The van der Waals surface area contributed by atoms with Crippen molar-refractivity contribution in [1.29, 1.82) is 0 Å². The lowest BCUT2D eigenvalue weighted by molar-refractivity contribution is -0.147. The number of hydrogen-bond donors (Lipinski definition) is 1. The largest absolute Gasteiger partial charge is 0.481 e. The van der Waals surface area contributed by atoms with Crippen molar-refractivity contribution in [2.24, 2.45) is 5.41 Å². The average molecular weight is 255 g/mol. The van der Waals surface area contributed by atoms with E-state index >= 15 is 0 Å². The molecular weight excluding hydrogens is 234 g/mol. The van der Waals surface area contributed by atoms with E-state index in [1.54, 1.807) is 25.2 Å². The van der Waals surface area contributed by atoms with Crippen LogP contribution in [0.3, 0.4) is 0 Å². The molecule has 0 saturated heterocycles. The van der Waals surface area contributed by atoms with E-state index in [0.717, 1.165) is 6.54 Å². The summed E-state index contributed by atoms with van der Waals surface area (Å²) in [7, 11) is 2.04. The summed E-state index contributed by atoms with van der Waals surface area (Å²) in [5.41, 5.74) is -0.649. The van der Waals surface area contributed by atoms with Crippen molar-refractivity contribution in [3.05, 3.63) is 22.4 Å². The normalized spacial score (nSPS) is 13.9. The topological polar surface area (TPSA) is 40.5 Å². The molecule has 4 heteroatoms. The third-order valence-corrected chi connectivity index (χ3v) is 4.33. The Morgan fingerprint density at radius 3 is 2.71 bits per heavy atom. The molecule has 3 nitrogen and oxygen atoms in total. The lowest BCUT2D eigenvalue weighted by atomic mass is 9.89. The van der Waals surface area contributed by atoms with Crippen LogP contribution >= 0.6 is 11.3 Å². The average Bonchev–Trinajstić information content (AvgIpc) is 2.78. The highest BCUT2D eigenvalue weighted by molar-refractivity contribution is 7.10. The van der Waals surface area contributed by atoms with Crippen LogP contribution < -0.4 is 0 Å². The molecule has 17 heavy (non-hydrogen) atoms. The van der Waals surface area contributed by atoms with E-state index in [-0.39, 0.29) is 0 Å². The molecular formula is C13H21NO2S. The Kier molecular flexibility index (Phi) is 4.71. The van der Waals surface area contributed by atoms with Gasteiger partial charge in [-0.1, -0.05) is 6.07 Å². The number of nitrogens with zero attached hydrogens (tertiary/aromatic N) is 1.